The summed E-state index contributed by atoms with van der Waals surface area (Å²) in [7, 11) is 14.4. The standard InChI is InChI=1S/C8H20NO3.C4H9BrO2.C4H11NO.BrH/c1-9(2,5-6-10)7-8(11-3)12-4;1-6-4(3-5)7-2;1-5(2)3-4-6;/h8,10H,5-7H2,1-4H3;4H,3H2,1-2H3;6H,3-4H2,1-2H3;1H/q+1;;;. The number of hydrogen-bond acceptors (Lipinski definition) is 7. The molecule has 0 spiro atoms. The van der Waals surface area contributed by atoms with Crippen molar-refractivity contribution < 1.29 is 33.6 Å². The van der Waals surface area contributed by atoms with E-state index in [0.717, 1.165) is 18.4 Å². The Kier molecular flexibility index (Phi) is 31.1. The molecule has 0 saturated carbocycles. The molecule has 0 aliphatic heterocycles. The molecule has 10 heteroatoms. The van der Waals surface area contributed by atoms with Crippen LogP contribution < -0.4 is 0 Å². The average Bonchev–Trinajstić information content (AvgIpc) is 2.55. The van der Waals surface area contributed by atoms with Crippen LogP contribution in [0.1, 0.15) is 0 Å². The van der Waals surface area contributed by atoms with Gasteiger partial charge in [0.05, 0.1) is 32.6 Å². The maximum atomic E-state index is 8.76. The molecule has 0 aromatic rings. The number of quaternary nitrogens is 1. The van der Waals surface area contributed by atoms with Crippen LogP contribution in [0.25, 0.3) is 0 Å². The molecule has 0 bridgehead atoms. The van der Waals surface area contributed by atoms with Crippen LogP contribution in [0.2, 0.25) is 0 Å². The van der Waals surface area contributed by atoms with Crippen LogP contribution in [0, 0.1) is 0 Å². The number of ether oxygens (including phenoxy) is 4. The topological polar surface area (TPSA) is 80.6 Å². The van der Waals surface area contributed by atoms with Gasteiger partial charge < -0.3 is 38.5 Å². The second kappa shape index (κ2) is 23.7. The summed E-state index contributed by atoms with van der Waals surface area (Å²) in [5.41, 5.74) is 0. The number of hydrogen-bond donors (Lipinski definition) is 2. The third-order valence-electron chi connectivity index (χ3n) is 3.07. The highest BCUT2D eigenvalue weighted by Crippen LogP contribution is 2.02. The number of rotatable bonds is 11. The summed E-state index contributed by atoms with van der Waals surface area (Å²) in [5.74, 6) is 0. The monoisotopic (exact) mass is 515 g/mol. The number of likely N-dealkylation sites (N-methyl/N-ethyl adjacent to an activating group) is 2. The van der Waals surface area contributed by atoms with E-state index in [9.17, 15) is 0 Å². The summed E-state index contributed by atoms with van der Waals surface area (Å²) < 4.78 is 20.4. The minimum atomic E-state index is -0.188. The van der Waals surface area contributed by atoms with E-state index in [4.69, 9.17) is 29.2 Å². The Morgan fingerprint density at radius 2 is 1.31 bits per heavy atom. The molecule has 0 aliphatic carbocycles. The molecule has 0 aliphatic rings. The molecule has 0 radical (unpaired) electrons. The highest BCUT2D eigenvalue weighted by atomic mass is 79.9. The van der Waals surface area contributed by atoms with Gasteiger partial charge in [-0.05, 0) is 14.1 Å². The van der Waals surface area contributed by atoms with Crippen molar-refractivity contribution in [2.24, 2.45) is 0 Å². The summed E-state index contributed by atoms with van der Waals surface area (Å²) in [5, 5.41) is 17.7. The molecular formula is C16H41Br2N2O6+. The van der Waals surface area contributed by atoms with Gasteiger partial charge in [-0.25, -0.2) is 0 Å². The van der Waals surface area contributed by atoms with Crippen molar-refractivity contribution in [3.05, 3.63) is 0 Å². The van der Waals surface area contributed by atoms with Crippen LogP contribution in [0.4, 0.5) is 0 Å². The van der Waals surface area contributed by atoms with E-state index in [0.29, 0.717) is 11.0 Å². The van der Waals surface area contributed by atoms with Crippen LogP contribution in [0.5, 0.6) is 0 Å². The van der Waals surface area contributed by atoms with E-state index in [1.54, 1.807) is 28.4 Å². The number of methoxy groups -OCH3 is 4. The number of halogens is 2. The summed E-state index contributed by atoms with van der Waals surface area (Å²) >= 11 is 3.19. The zero-order chi connectivity index (χ0) is 20.3. The maximum Gasteiger partial charge on any atom is 0.207 e. The van der Waals surface area contributed by atoms with Crippen molar-refractivity contribution in [3.63, 3.8) is 0 Å². The molecule has 0 heterocycles. The lowest BCUT2D eigenvalue weighted by Gasteiger charge is -2.31. The predicted octanol–water partition coefficient (Wildman–Crippen LogP) is 0.792. The van der Waals surface area contributed by atoms with Crippen LogP contribution in [-0.4, -0.2) is 127 Å². The van der Waals surface area contributed by atoms with Gasteiger partial charge in [0.2, 0.25) is 6.29 Å². The fourth-order valence-corrected chi connectivity index (χ4v) is 1.96. The zero-order valence-electron chi connectivity index (χ0n) is 17.6. The van der Waals surface area contributed by atoms with E-state index in [-0.39, 0.29) is 42.8 Å². The SMILES string of the molecule is Br.CN(C)CCO.COC(CBr)OC.COC(C[N+](C)(C)CCO)OC. The number of aliphatic hydroxyl groups excluding tert-OH is 2. The van der Waals surface area contributed by atoms with Gasteiger partial charge in [0.15, 0.2) is 6.29 Å². The Hall–Kier alpha value is 0.640. The number of alkyl halides is 1. The third kappa shape index (κ3) is 26.9. The van der Waals surface area contributed by atoms with E-state index in [1.165, 1.54) is 0 Å². The number of nitrogens with zero attached hydrogens (tertiary/aromatic N) is 2. The smallest absolute Gasteiger partial charge is 0.207 e. The first-order valence-electron chi connectivity index (χ1n) is 8.03. The highest BCUT2D eigenvalue weighted by Gasteiger charge is 2.20. The molecule has 0 atom stereocenters. The summed E-state index contributed by atoms with van der Waals surface area (Å²) in [6.45, 7) is 2.66. The first-order chi connectivity index (χ1) is 11.7. The lowest BCUT2D eigenvalue weighted by Crippen LogP contribution is -2.48. The van der Waals surface area contributed by atoms with Crippen molar-refractivity contribution in [1.29, 1.82) is 0 Å². The molecule has 8 nitrogen and oxygen atoms in total. The van der Waals surface area contributed by atoms with Crippen molar-refractivity contribution in [2.75, 3.05) is 94.8 Å². The normalized spacial score (nSPS) is 10.8. The van der Waals surface area contributed by atoms with Crippen molar-refractivity contribution in [3.8, 4) is 0 Å². The van der Waals surface area contributed by atoms with Gasteiger partial charge in [0.1, 0.15) is 13.1 Å². The highest BCUT2D eigenvalue weighted by molar-refractivity contribution is 9.09. The second-order valence-electron chi connectivity index (χ2n) is 6.05. The number of aliphatic hydroxyl groups is 2. The van der Waals surface area contributed by atoms with Crippen LogP contribution >= 0.6 is 32.9 Å². The fraction of sp³-hybridized carbons (Fsp3) is 1.00. The van der Waals surface area contributed by atoms with E-state index in [2.05, 4.69) is 15.9 Å². The average molecular weight is 517 g/mol. The second-order valence-corrected chi connectivity index (χ2v) is 6.70. The minimum absolute atomic E-state index is 0. The van der Waals surface area contributed by atoms with Gasteiger partial charge in [0, 0.05) is 35.0 Å². The summed E-state index contributed by atoms with van der Waals surface area (Å²) in [6, 6.07) is 0. The zero-order valence-corrected chi connectivity index (χ0v) is 20.9. The van der Waals surface area contributed by atoms with Crippen LogP contribution in [-0.2, 0) is 18.9 Å². The van der Waals surface area contributed by atoms with Gasteiger partial charge in [0.25, 0.3) is 0 Å². The molecule has 26 heavy (non-hydrogen) atoms. The molecule has 0 aromatic carbocycles. The Morgan fingerprint density at radius 1 is 0.885 bits per heavy atom. The van der Waals surface area contributed by atoms with Crippen molar-refractivity contribution in [2.45, 2.75) is 12.6 Å². The van der Waals surface area contributed by atoms with Crippen LogP contribution in [0.3, 0.4) is 0 Å². The van der Waals surface area contributed by atoms with E-state index in [1.807, 2.05) is 33.1 Å². The molecule has 0 rings (SSSR count). The lowest BCUT2D eigenvalue weighted by atomic mass is 10.4. The molecule has 0 amide bonds. The summed E-state index contributed by atoms with van der Waals surface area (Å²) in [6.07, 6.45) is -0.286. The Bertz CT molecular complexity index is 251. The van der Waals surface area contributed by atoms with E-state index < -0.39 is 0 Å². The van der Waals surface area contributed by atoms with Gasteiger partial charge in [-0.15, -0.1) is 17.0 Å². The maximum absolute atomic E-state index is 8.76. The third-order valence-corrected chi connectivity index (χ3v) is 3.60. The fourth-order valence-electron chi connectivity index (χ4n) is 1.43. The minimum Gasteiger partial charge on any atom is -0.395 e. The Labute approximate surface area is 178 Å². The molecule has 2 N–H and O–H groups in total. The molecule has 0 fully saturated rings. The van der Waals surface area contributed by atoms with Gasteiger partial charge in [-0.1, -0.05) is 15.9 Å². The van der Waals surface area contributed by atoms with Gasteiger partial charge >= 0.3 is 0 Å². The van der Waals surface area contributed by atoms with Gasteiger partial charge in [-0.2, -0.15) is 0 Å². The lowest BCUT2D eigenvalue weighted by molar-refractivity contribution is -0.896. The Balaban J connectivity index is -0.000000149. The van der Waals surface area contributed by atoms with Crippen LogP contribution in [0.15, 0.2) is 0 Å². The molecule has 0 unspecified atom stereocenters. The Morgan fingerprint density at radius 3 is 1.46 bits per heavy atom. The van der Waals surface area contributed by atoms with Gasteiger partial charge in [-0.3, -0.25) is 0 Å². The molecular weight excluding hydrogens is 476 g/mol. The molecule has 0 aromatic heterocycles. The predicted molar refractivity (Wildman–Crippen MR) is 114 cm³/mol. The first-order valence-corrected chi connectivity index (χ1v) is 9.15. The first kappa shape index (κ1) is 34.2. The van der Waals surface area contributed by atoms with Crippen molar-refractivity contribution >= 4 is 32.9 Å². The molecule has 0 saturated heterocycles. The largest absolute Gasteiger partial charge is 0.395 e. The van der Waals surface area contributed by atoms with Crippen molar-refractivity contribution in [1.82, 2.24) is 4.90 Å². The summed E-state index contributed by atoms with van der Waals surface area (Å²) in [4.78, 5) is 1.93. The molecule has 164 valence electrons. The quantitative estimate of drug-likeness (QED) is 0.239. The van der Waals surface area contributed by atoms with E-state index >= 15 is 0 Å².